The Morgan fingerprint density at radius 2 is 1.47 bits per heavy atom. The molecule has 0 aliphatic rings. The standard InChI is InChI=1S/C6H6.C3H10N2O3S/c1-2-4-6-5-3-1;4-9(7,8)5-2-1-3-6/h1-6H;5-6H,1-3H2,(H2,4,7,8). The third-order valence-electron chi connectivity index (χ3n) is 1.30. The Bertz CT molecular complexity index is 300. The summed E-state index contributed by atoms with van der Waals surface area (Å²) in [6.07, 6.45) is 0.385. The summed E-state index contributed by atoms with van der Waals surface area (Å²) in [5.74, 6) is 0. The van der Waals surface area contributed by atoms with Gasteiger partial charge in [-0.1, -0.05) is 36.4 Å². The van der Waals surface area contributed by atoms with Gasteiger partial charge >= 0.3 is 0 Å². The molecule has 0 aliphatic heterocycles. The lowest BCUT2D eigenvalue weighted by Gasteiger charge is -1.97. The summed E-state index contributed by atoms with van der Waals surface area (Å²) < 4.78 is 22.2. The number of nitrogens with two attached hydrogens (primary N) is 1. The number of aliphatic hydroxyl groups is 1. The summed E-state index contributed by atoms with van der Waals surface area (Å²) in [4.78, 5) is 0. The highest BCUT2D eigenvalue weighted by Crippen LogP contribution is 1.79. The fourth-order valence-corrected chi connectivity index (χ4v) is 1.11. The van der Waals surface area contributed by atoms with Crippen LogP contribution in [0.1, 0.15) is 6.42 Å². The van der Waals surface area contributed by atoms with Crippen molar-refractivity contribution in [2.75, 3.05) is 13.2 Å². The Morgan fingerprint density at radius 1 is 1.07 bits per heavy atom. The highest BCUT2D eigenvalue weighted by atomic mass is 32.2. The van der Waals surface area contributed by atoms with Crippen LogP contribution in [0.2, 0.25) is 0 Å². The van der Waals surface area contributed by atoms with Crippen LogP contribution >= 0.6 is 0 Å². The minimum absolute atomic E-state index is 0.0392. The van der Waals surface area contributed by atoms with Crippen molar-refractivity contribution in [1.82, 2.24) is 4.72 Å². The van der Waals surface area contributed by atoms with E-state index in [9.17, 15) is 8.42 Å². The minimum atomic E-state index is -3.56. The van der Waals surface area contributed by atoms with Crippen LogP contribution in [0, 0.1) is 0 Å². The number of rotatable bonds is 4. The Kier molecular flexibility index (Phi) is 7.84. The Hall–Kier alpha value is -0.950. The van der Waals surface area contributed by atoms with Crippen molar-refractivity contribution in [2.45, 2.75) is 6.42 Å². The van der Waals surface area contributed by atoms with Crippen molar-refractivity contribution in [1.29, 1.82) is 0 Å². The lowest BCUT2D eigenvalue weighted by atomic mass is 10.4. The molecule has 0 aliphatic carbocycles. The molecular weight excluding hydrogens is 216 g/mol. The molecule has 0 saturated heterocycles. The Balaban J connectivity index is 0.000000280. The zero-order chi connectivity index (χ0) is 11.6. The van der Waals surface area contributed by atoms with Gasteiger partial charge in [-0.2, -0.15) is 8.42 Å². The van der Waals surface area contributed by atoms with E-state index >= 15 is 0 Å². The van der Waals surface area contributed by atoms with Crippen LogP contribution in [0.3, 0.4) is 0 Å². The highest BCUT2D eigenvalue weighted by molar-refractivity contribution is 7.87. The summed E-state index contributed by atoms with van der Waals surface area (Å²) in [5.41, 5.74) is 0. The molecule has 0 radical (unpaired) electrons. The molecule has 5 nitrogen and oxygen atoms in total. The number of hydrogen-bond donors (Lipinski definition) is 3. The van der Waals surface area contributed by atoms with Gasteiger partial charge in [-0.05, 0) is 6.42 Å². The summed E-state index contributed by atoms with van der Waals surface area (Å²) >= 11 is 0. The van der Waals surface area contributed by atoms with Crippen LogP contribution in [0.5, 0.6) is 0 Å². The third kappa shape index (κ3) is 13.1. The monoisotopic (exact) mass is 232 g/mol. The molecule has 0 heterocycles. The molecule has 1 aromatic carbocycles. The van der Waals surface area contributed by atoms with Gasteiger partial charge in [-0.15, -0.1) is 0 Å². The molecule has 1 aromatic rings. The third-order valence-corrected chi connectivity index (χ3v) is 1.91. The predicted octanol–water partition coefficient (Wildman–Crippen LogP) is -0.151. The summed E-state index contributed by atoms with van der Waals surface area (Å²) in [7, 11) is -3.56. The number of aliphatic hydroxyl groups excluding tert-OH is 1. The van der Waals surface area contributed by atoms with Crippen LogP contribution in [0.4, 0.5) is 0 Å². The van der Waals surface area contributed by atoms with Crippen molar-refractivity contribution in [2.24, 2.45) is 5.14 Å². The van der Waals surface area contributed by atoms with E-state index in [0.717, 1.165) is 0 Å². The molecule has 86 valence electrons. The average Bonchev–Trinajstić information content (AvgIpc) is 2.20. The first-order valence-electron chi connectivity index (χ1n) is 4.44. The van der Waals surface area contributed by atoms with Crippen LogP contribution in [-0.2, 0) is 10.2 Å². The second kappa shape index (κ2) is 8.37. The molecule has 0 spiro atoms. The molecule has 4 N–H and O–H groups in total. The number of benzene rings is 1. The van der Waals surface area contributed by atoms with Crippen molar-refractivity contribution >= 4 is 10.2 Å². The second-order valence-corrected chi connectivity index (χ2v) is 4.05. The van der Waals surface area contributed by atoms with Gasteiger partial charge in [0.05, 0.1) is 0 Å². The van der Waals surface area contributed by atoms with Gasteiger partial charge in [-0.3, -0.25) is 0 Å². The molecule has 0 unspecified atom stereocenters. The van der Waals surface area contributed by atoms with Crippen LogP contribution in [-0.4, -0.2) is 26.7 Å². The van der Waals surface area contributed by atoms with Crippen LogP contribution < -0.4 is 9.86 Å². The fraction of sp³-hybridized carbons (Fsp3) is 0.333. The van der Waals surface area contributed by atoms with Gasteiger partial charge in [0.1, 0.15) is 0 Å². The van der Waals surface area contributed by atoms with Crippen molar-refractivity contribution in [3.05, 3.63) is 36.4 Å². The topological polar surface area (TPSA) is 92.4 Å². The van der Waals surface area contributed by atoms with Gasteiger partial charge in [-0.25, -0.2) is 9.86 Å². The van der Waals surface area contributed by atoms with E-state index < -0.39 is 10.2 Å². The average molecular weight is 232 g/mol. The first-order chi connectivity index (χ1) is 7.06. The van der Waals surface area contributed by atoms with Gasteiger partial charge in [0, 0.05) is 13.2 Å². The number of nitrogens with one attached hydrogen (secondary N) is 1. The lowest BCUT2D eigenvalue weighted by molar-refractivity contribution is 0.289. The van der Waals surface area contributed by atoms with E-state index in [4.69, 9.17) is 5.11 Å². The Morgan fingerprint density at radius 3 is 1.73 bits per heavy atom. The van der Waals surface area contributed by atoms with Crippen LogP contribution in [0.15, 0.2) is 36.4 Å². The maximum absolute atomic E-state index is 10.1. The van der Waals surface area contributed by atoms with Gasteiger partial charge in [0.2, 0.25) is 0 Å². The molecule has 6 heteroatoms. The first-order valence-corrected chi connectivity index (χ1v) is 5.99. The fourth-order valence-electron chi connectivity index (χ4n) is 0.678. The molecule has 1 rings (SSSR count). The minimum Gasteiger partial charge on any atom is -0.396 e. The molecule has 0 atom stereocenters. The van der Waals surface area contributed by atoms with Gasteiger partial charge in [0.15, 0.2) is 0 Å². The SMILES string of the molecule is NS(=O)(=O)NCCCO.c1ccccc1. The molecule has 0 fully saturated rings. The molecular formula is C9H16N2O3S. The van der Waals surface area contributed by atoms with E-state index in [2.05, 4.69) is 5.14 Å². The number of hydrogen-bond acceptors (Lipinski definition) is 3. The maximum Gasteiger partial charge on any atom is 0.274 e. The molecule has 15 heavy (non-hydrogen) atoms. The highest BCUT2D eigenvalue weighted by Gasteiger charge is 1.96. The summed E-state index contributed by atoms with van der Waals surface area (Å²) in [6.45, 7) is 0.151. The van der Waals surface area contributed by atoms with E-state index in [1.165, 1.54) is 0 Å². The normalized spacial score (nSPS) is 10.3. The largest absolute Gasteiger partial charge is 0.396 e. The van der Waals surface area contributed by atoms with E-state index in [0.29, 0.717) is 6.42 Å². The molecule has 0 bridgehead atoms. The van der Waals surface area contributed by atoms with E-state index in [1.54, 1.807) is 0 Å². The maximum atomic E-state index is 10.1. The van der Waals surface area contributed by atoms with Gasteiger partial charge < -0.3 is 5.11 Å². The van der Waals surface area contributed by atoms with E-state index in [1.807, 2.05) is 41.1 Å². The quantitative estimate of drug-likeness (QED) is 0.630. The molecule has 0 aromatic heterocycles. The predicted molar refractivity (Wildman–Crippen MR) is 59.3 cm³/mol. The molecule has 0 saturated carbocycles. The van der Waals surface area contributed by atoms with Crippen LogP contribution in [0.25, 0.3) is 0 Å². The Labute approximate surface area is 90.1 Å². The zero-order valence-electron chi connectivity index (χ0n) is 8.33. The summed E-state index contributed by atoms with van der Waals surface area (Å²) in [6, 6.07) is 12.0. The molecule has 0 amide bonds. The first kappa shape index (κ1) is 14.1. The van der Waals surface area contributed by atoms with Gasteiger partial charge in [0.25, 0.3) is 10.2 Å². The van der Waals surface area contributed by atoms with E-state index in [-0.39, 0.29) is 13.2 Å². The summed E-state index contributed by atoms with van der Waals surface area (Å²) in [5, 5.41) is 12.7. The second-order valence-electron chi connectivity index (χ2n) is 2.67. The smallest absolute Gasteiger partial charge is 0.274 e. The van der Waals surface area contributed by atoms with Crippen molar-refractivity contribution < 1.29 is 13.5 Å². The lowest BCUT2D eigenvalue weighted by Crippen LogP contribution is -2.31. The van der Waals surface area contributed by atoms with Crippen molar-refractivity contribution in [3.8, 4) is 0 Å². The zero-order valence-corrected chi connectivity index (χ0v) is 9.15. The van der Waals surface area contributed by atoms with Crippen molar-refractivity contribution in [3.63, 3.8) is 0 Å².